The van der Waals surface area contributed by atoms with Gasteiger partial charge in [0.2, 0.25) is 0 Å². The van der Waals surface area contributed by atoms with Crippen LogP contribution < -0.4 is 11.1 Å². The fourth-order valence-electron chi connectivity index (χ4n) is 2.26. The lowest BCUT2D eigenvalue weighted by Crippen LogP contribution is -2.14. The molecule has 2 aromatic carbocycles. The second kappa shape index (κ2) is 5.25. The van der Waals surface area contributed by atoms with Crippen molar-refractivity contribution in [3.05, 3.63) is 66.0 Å². The topological polar surface area (TPSA) is 68.0 Å². The lowest BCUT2D eigenvalue weighted by molar-refractivity contribution is 0.102. The number of carbonyl (C=O) groups excluding carboxylic acids is 1. The Balaban J connectivity index is 2.00. The Labute approximate surface area is 122 Å². The highest BCUT2D eigenvalue weighted by Crippen LogP contribution is 2.24. The van der Waals surface area contributed by atoms with Crippen molar-refractivity contribution >= 4 is 28.1 Å². The first-order valence-corrected chi connectivity index (χ1v) is 6.66. The molecule has 0 unspecified atom stereocenters. The summed E-state index contributed by atoms with van der Waals surface area (Å²) in [6, 6.07) is 15.0. The molecule has 0 aliphatic carbocycles. The van der Waals surface area contributed by atoms with Crippen molar-refractivity contribution in [2.45, 2.75) is 6.92 Å². The van der Waals surface area contributed by atoms with Gasteiger partial charge >= 0.3 is 0 Å². The Morgan fingerprint density at radius 2 is 1.86 bits per heavy atom. The smallest absolute Gasteiger partial charge is 0.274 e. The third kappa shape index (κ3) is 2.56. The van der Waals surface area contributed by atoms with E-state index in [-0.39, 0.29) is 5.91 Å². The molecule has 0 radical (unpaired) electrons. The van der Waals surface area contributed by atoms with Crippen LogP contribution in [0, 0.1) is 6.92 Å². The van der Waals surface area contributed by atoms with Gasteiger partial charge in [0.25, 0.3) is 5.91 Å². The molecular weight excluding hydrogens is 262 g/mol. The molecule has 1 aromatic heterocycles. The summed E-state index contributed by atoms with van der Waals surface area (Å²) in [5, 5.41) is 4.43. The number of aromatic nitrogens is 1. The average Bonchev–Trinajstić information content (AvgIpc) is 2.49. The average molecular weight is 277 g/mol. The molecule has 4 heteroatoms. The molecule has 0 bridgehead atoms. The Morgan fingerprint density at radius 3 is 2.62 bits per heavy atom. The predicted octanol–water partition coefficient (Wildman–Crippen LogP) is 3.38. The molecule has 3 aromatic rings. The maximum absolute atomic E-state index is 12.4. The van der Waals surface area contributed by atoms with Crippen molar-refractivity contribution in [2.75, 3.05) is 11.1 Å². The van der Waals surface area contributed by atoms with Crippen LogP contribution in [0.5, 0.6) is 0 Å². The number of hydrogen-bond donors (Lipinski definition) is 2. The summed E-state index contributed by atoms with van der Waals surface area (Å²) in [6.45, 7) is 2.00. The summed E-state index contributed by atoms with van der Waals surface area (Å²) in [6.07, 6.45) is 1.62. The number of anilines is 2. The van der Waals surface area contributed by atoms with E-state index in [2.05, 4.69) is 10.3 Å². The maximum atomic E-state index is 12.4. The SMILES string of the molecule is Cc1ccc(NC(=O)c2nccc3cccc(N)c23)cc1. The minimum absolute atomic E-state index is 0.262. The van der Waals surface area contributed by atoms with E-state index in [0.717, 1.165) is 16.6 Å². The fraction of sp³-hybridized carbons (Fsp3) is 0.0588. The summed E-state index contributed by atoms with van der Waals surface area (Å²) in [7, 11) is 0. The van der Waals surface area contributed by atoms with Gasteiger partial charge in [0, 0.05) is 23.0 Å². The van der Waals surface area contributed by atoms with Crippen LogP contribution in [0.2, 0.25) is 0 Å². The van der Waals surface area contributed by atoms with E-state index in [1.165, 1.54) is 0 Å². The summed E-state index contributed by atoms with van der Waals surface area (Å²) in [4.78, 5) is 16.6. The first-order valence-electron chi connectivity index (χ1n) is 6.66. The van der Waals surface area contributed by atoms with Crippen LogP contribution in [-0.4, -0.2) is 10.9 Å². The van der Waals surface area contributed by atoms with Gasteiger partial charge in [-0.1, -0.05) is 29.8 Å². The zero-order valence-corrected chi connectivity index (χ0v) is 11.6. The van der Waals surface area contributed by atoms with Gasteiger partial charge in [-0.2, -0.15) is 0 Å². The normalized spacial score (nSPS) is 10.5. The van der Waals surface area contributed by atoms with E-state index in [1.807, 2.05) is 49.4 Å². The molecule has 21 heavy (non-hydrogen) atoms. The Morgan fingerprint density at radius 1 is 1.10 bits per heavy atom. The van der Waals surface area contributed by atoms with Crippen molar-refractivity contribution in [2.24, 2.45) is 0 Å². The number of fused-ring (bicyclic) bond motifs is 1. The molecule has 104 valence electrons. The lowest BCUT2D eigenvalue weighted by Gasteiger charge is -2.09. The molecule has 0 aliphatic rings. The molecule has 4 nitrogen and oxygen atoms in total. The van der Waals surface area contributed by atoms with Crippen molar-refractivity contribution in [3.63, 3.8) is 0 Å². The van der Waals surface area contributed by atoms with Crippen LogP contribution in [0.3, 0.4) is 0 Å². The van der Waals surface area contributed by atoms with Gasteiger partial charge < -0.3 is 11.1 Å². The van der Waals surface area contributed by atoms with E-state index in [1.54, 1.807) is 12.3 Å². The van der Waals surface area contributed by atoms with Crippen LogP contribution in [0.4, 0.5) is 11.4 Å². The first kappa shape index (κ1) is 13.1. The minimum Gasteiger partial charge on any atom is -0.398 e. The number of rotatable bonds is 2. The molecule has 0 atom stereocenters. The third-order valence-corrected chi connectivity index (χ3v) is 3.35. The van der Waals surface area contributed by atoms with E-state index < -0.39 is 0 Å². The van der Waals surface area contributed by atoms with Crippen LogP contribution in [0.25, 0.3) is 10.8 Å². The molecule has 1 amide bonds. The van der Waals surface area contributed by atoms with Crippen molar-refractivity contribution in [3.8, 4) is 0 Å². The number of nitrogens with one attached hydrogen (secondary N) is 1. The minimum atomic E-state index is -0.262. The number of benzene rings is 2. The van der Waals surface area contributed by atoms with Gasteiger partial charge in [-0.3, -0.25) is 9.78 Å². The molecule has 3 N–H and O–H groups in total. The van der Waals surface area contributed by atoms with Crippen LogP contribution in [-0.2, 0) is 0 Å². The van der Waals surface area contributed by atoms with Gasteiger partial charge in [0.15, 0.2) is 0 Å². The summed E-state index contributed by atoms with van der Waals surface area (Å²) >= 11 is 0. The van der Waals surface area contributed by atoms with E-state index in [4.69, 9.17) is 5.73 Å². The highest BCUT2D eigenvalue weighted by Gasteiger charge is 2.13. The standard InChI is InChI=1S/C17H15N3O/c1-11-5-7-13(8-6-11)20-17(21)16-15-12(9-10-19-16)3-2-4-14(15)18/h2-10H,18H2,1H3,(H,20,21). The molecule has 3 rings (SSSR count). The van der Waals surface area contributed by atoms with Gasteiger partial charge in [0.05, 0.1) is 0 Å². The second-order valence-electron chi connectivity index (χ2n) is 4.93. The highest BCUT2D eigenvalue weighted by molar-refractivity contribution is 6.14. The van der Waals surface area contributed by atoms with Gasteiger partial charge in [-0.25, -0.2) is 0 Å². The number of carbonyl (C=O) groups is 1. The van der Waals surface area contributed by atoms with E-state index >= 15 is 0 Å². The van der Waals surface area contributed by atoms with Gasteiger partial charge in [0.1, 0.15) is 5.69 Å². The van der Waals surface area contributed by atoms with Crippen molar-refractivity contribution in [1.82, 2.24) is 4.98 Å². The molecular formula is C17H15N3O. The molecule has 0 saturated heterocycles. The number of hydrogen-bond acceptors (Lipinski definition) is 3. The number of amides is 1. The molecule has 0 spiro atoms. The quantitative estimate of drug-likeness (QED) is 0.706. The van der Waals surface area contributed by atoms with Crippen molar-refractivity contribution < 1.29 is 4.79 Å². The number of pyridine rings is 1. The molecule has 0 aliphatic heterocycles. The summed E-state index contributed by atoms with van der Waals surface area (Å²) in [5.41, 5.74) is 8.75. The zero-order chi connectivity index (χ0) is 14.8. The number of nitrogens with zero attached hydrogens (tertiary/aromatic N) is 1. The monoisotopic (exact) mass is 277 g/mol. The fourth-order valence-corrected chi connectivity index (χ4v) is 2.26. The molecule has 0 saturated carbocycles. The Bertz CT molecular complexity index is 805. The van der Waals surface area contributed by atoms with Gasteiger partial charge in [-0.15, -0.1) is 0 Å². The molecule has 0 fully saturated rings. The Kier molecular flexibility index (Phi) is 3.28. The van der Waals surface area contributed by atoms with Crippen LogP contribution >= 0.6 is 0 Å². The predicted molar refractivity (Wildman–Crippen MR) is 85.3 cm³/mol. The van der Waals surface area contributed by atoms with E-state index in [0.29, 0.717) is 16.8 Å². The number of nitrogens with two attached hydrogens (primary N) is 1. The third-order valence-electron chi connectivity index (χ3n) is 3.35. The van der Waals surface area contributed by atoms with E-state index in [9.17, 15) is 4.79 Å². The summed E-state index contributed by atoms with van der Waals surface area (Å²) in [5.74, 6) is -0.262. The van der Waals surface area contributed by atoms with Crippen LogP contribution in [0.15, 0.2) is 54.7 Å². The number of nitrogen functional groups attached to an aromatic ring is 1. The van der Waals surface area contributed by atoms with Crippen LogP contribution in [0.1, 0.15) is 16.1 Å². The highest BCUT2D eigenvalue weighted by atomic mass is 16.1. The number of aryl methyl sites for hydroxylation is 1. The molecule has 1 heterocycles. The maximum Gasteiger partial charge on any atom is 0.274 e. The summed E-state index contributed by atoms with van der Waals surface area (Å²) < 4.78 is 0. The zero-order valence-electron chi connectivity index (χ0n) is 11.6. The Hall–Kier alpha value is -2.88. The van der Waals surface area contributed by atoms with Gasteiger partial charge in [-0.05, 0) is 36.6 Å². The largest absolute Gasteiger partial charge is 0.398 e. The second-order valence-corrected chi connectivity index (χ2v) is 4.93. The lowest BCUT2D eigenvalue weighted by atomic mass is 10.1. The van der Waals surface area contributed by atoms with Crippen molar-refractivity contribution in [1.29, 1.82) is 0 Å². The first-order chi connectivity index (χ1) is 10.1.